The Morgan fingerprint density at radius 2 is 1.63 bits per heavy atom. The molecular weight excluding hydrogens is 244 g/mol. The lowest BCUT2D eigenvalue weighted by Gasteiger charge is -2.31. The van der Waals surface area contributed by atoms with Crippen molar-refractivity contribution >= 4 is 12.0 Å². The standard InChI is InChI=1S/C14H28N2O3/c1-9(2)8-16(11(5)6)14(19)15-12(10(3)4)7-13(17)18/h9-12H,7-8H2,1-6H3,(H,15,19)(H,17,18). The normalized spacial score (nSPS) is 12.9. The fourth-order valence-electron chi connectivity index (χ4n) is 1.80. The molecule has 1 atom stereocenters. The second-order valence-corrected chi connectivity index (χ2v) is 6.04. The first-order chi connectivity index (χ1) is 8.65. The minimum atomic E-state index is -0.890. The fraction of sp³-hybridized carbons (Fsp3) is 0.857. The number of rotatable bonds is 7. The molecule has 112 valence electrons. The Balaban J connectivity index is 4.70. The highest BCUT2D eigenvalue weighted by Crippen LogP contribution is 2.10. The van der Waals surface area contributed by atoms with E-state index in [1.54, 1.807) is 4.90 Å². The highest BCUT2D eigenvalue weighted by Gasteiger charge is 2.24. The van der Waals surface area contributed by atoms with Crippen molar-refractivity contribution in [3.63, 3.8) is 0 Å². The molecule has 0 fully saturated rings. The van der Waals surface area contributed by atoms with Gasteiger partial charge in [0.05, 0.1) is 6.42 Å². The van der Waals surface area contributed by atoms with Crippen molar-refractivity contribution in [2.24, 2.45) is 11.8 Å². The Labute approximate surface area is 116 Å². The van der Waals surface area contributed by atoms with Crippen molar-refractivity contribution in [1.82, 2.24) is 10.2 Å². The van der Waals surface area contributed by atoms with Crippen LogP contribution in [0.3, 0.4) is 0 Å². The van der Waals surface area contributed by atoms with Gasteiger partial charge in [-0.25, -0.2) is 4.79 Å². The molecule has 2 N–H and O–H groups in total. The molecule has 5 nitrogen and oxygen atoms in total. The largest absolute Gasteiger partial charge is 0.481 e. The number of nitrogens with zero attached hydrogens (tertiary/aromatic N) is 1. The molecular formula is C14H28N2O3. The zero-order valence-corrected chi connectivity index (χ0v) is 12.9. The molecule has 0 aromatic rings. The van der Waals surface area contributed by atoms with Crippen LogP contribution in [0.4, 0.5) is 4.79 Å². The fourth-order valence-corrected chi connectivity index (χ4v) is 1.80. The molecule has 0 aliphatic heterocycles. The molecule has 0 aliphatic rings. The Hall–Kier alpha value is -1.26. The van der Waals surface area contributed by atoms with Gasteiger partial charge in [0.1, 0.15) is 0 Å². The van der Waals surface area contributed by atoms with Gasteiger partial charge < -0.3 is 15.3 Å². The van der Waals surface area contributed by atoms with Gasteiger partial charge in [0, 0.05) is 18.6 Å². The summed E-state index contributed by atoms with van der Waals surface area (Å²) in [6, 6.07) is -0.415. The Bertz CT molecular complexity index is 301. The summed E-state index contributed by atoms with van der Waals surface area (Å²) in [5.74, 6) is -0.419. The lowest BCUT2D eigenvalue weighted by Crippen LogP contribution is -2.50. The van der Waals surface area contributed by atoms with Crippen LogP contribution in [0.25, 0.3) is 0 Å². The number of urea groups is 1. The molecule has 0 heterocycles. The number of carbonyl (C=O) groups is 2. The van der Waals surface area contributed by atoms with Crippen LogP contribution in [0, 0.1) is 11.8 Å². The highest BCUT2D eigenvalue weighted by molar-refractivity contribution is 5.76. The third-order valence-electron chi connectivity index (χ3n) is 2.95. The first-order valence-corrected chi connectivity index (χ1v) is 6.94. The third-order valence-corrected chi connectivity index (χ3v) is 2.95. The number of nitrogens with one attached hydrogen (secondary N) is 1. The van der Waals surface area contributed by atoms with E-state index < -0.39 is 5.97 Å². The number of aliphatic carboxylic acids is 1. The average molecular weight is 272 g/mol. The summed E-state index contributed by atoms with van der Waals surface area (Å²) in [6.07, 6.45) is -0.0446. The number of carbonyl (C=O) groups excluding carboxylic acids is 1. The van der Waals surface area contributed by atoms with Crippen LogP contribution in [0.1, 0.15) is 48.0 Å². The van der Waals surface area contributed by atoms with Gasteiger partial charge in [0.2, 0.25) is 0 Å². The van der Waals surface area contributed by atoms with Gasteiger partial charge in [-0.1, -0.05) is 27.7 Å². The van der Waals surface area contributed by atoms with Crippen LogP contribution in [0.5, 0.6) is 0 Å². The summed E-state index contributed by atoms with van der Waals surface area (Å²) >= 11 is 0. The van der Waals surface area contributed by atoms with Gasteiger partial charge in [-0.15, -0.1) is 0 Å². The highest BCUT2D eigenvalue weighted by atomic mass is 16.4. The van der Waals surface area contributed by atoms with E-state index in [9.17, 15) is 9.59 Å². The number of carboxylic acid groups (broad SMARTS) is 1. The molecule has 0 aromatic carbocycles. The van der Waals surface area contributed by atoms with E-state index in [0.29, 0.717) is 12.5 Å². The summed E-state index contributed by atoms with van der Waals surface area (Å²) in [5.41, 5.74) is 0. The van der Waals surface area contributed by atoms with Crippen molar-refractivity contribution in [1.29, 1.82) is 0 Å². The van der Waals surface area contributed by atoms with Crippen LogP contribution in [-0.2, 0) is 4.79 Å². The molecule has 0 bridgehead atoms. The van der Waals surface area contributed by atoms with Crippen LogP contribution < -0.4 is 5.32 Å². The molecule has 0 rings (SSSR count). The SMILES string of the molecule is CC(C)CN(C(=O)NC(CC(=O)O)C(C)C)C(C)C. The number of amides is 2. The van der Waals surface area contributed by atoms with E-state index in [4.69, 9.17) is 5.11 Å². The quantitative estimate of drug-likeness (QED) is 0.748. The van der Waals surface area contributed by atoms with Crippen LogP contribution in [-0.4, -0.2) is 40.6 Å². The van der Waals surface area contributed by atoms with E-state index >= 15 is 0 Å². The molecule has 0 aliphatic carbocycles. The molecule has 2 amide bonds. The number of hydrogen-bond donors (Lipinski definition) is 2. The zero-order chi connectivity index (χ0) is 15.2. The second kappa shape index (κ2) is 8.02. The minimum absolute atomic E-state index is 0.0446. The minimum Gasteiger partial charge on any atom is -0.481 e. The molecule has 19 heavy (non-hydrogen) atoms. The van der Waals surface area contributed by atoms with Crippen molar-refractivity contribution in [3.8, 4) is 0 Å². The van der Waals surface area contributed by atoms with E-state index in [0.717, 1.165) is 0 Å². The zero-order valence-electron chi connectivity index (χ0n) is 12.9. The first kappa shape index (κ1) is 17.7. The van der Waals surface area contributed by atoms with Gasteiger partial charge in [-0.3, -0.25) is 4.79 Å². The average Bonchev–Trinajstić information content (AvgIpc) is 2.23. The summed E-state index contributed by atoms with van der Waals surface area (Å²) in [4.78, 5) is 24.8. The van der Waals surface area contributed by atoms with Gasteiger partial charge in [-0.2, -0.15) is 0 Å². The van der Waals surface area contributed by atoms with E-state index in [1.165, 1.54) is 0 Å². The maximum atomic E-state index is 12.2. The second-order valence-electron chi connectivity index (χ2n) is 6.04. The first-order valence-electron chi connectivity index (χ1n) is 6.94. The lowest BCUT2D eigenvalue weighted by atomic mass is 10.0. The van der Waals surface area contributed by atoms with E-state index in [-0.39, 0.29) is 30.5 Å². The monoisotopic (exact) mass is 272 g/mol. The lowest BCUT2D eigenvalue weighted by molar-refractivity contribution is -0.137. The van der Waals surface area contributed by atoms with Crippen molar-refractivity contribution < 1.29 is 14.7 Å². The smallest absolute Gasteiger partial charge is 0.317 e. The molecule has 0 radical (unpaired) electrons. The molecule has 0 saturated heterocycles. The maximum absolute atomic E-state index is 12.2. The topological polar surface area (TPSA) is 69.6 Å². The van der Waals surface area contributed by atoms with Crippen LogP contribution in [0.15, 0.2) is 0 Å². The number of carboxylic acids is 1. The summed E-state index contributed by atoms with van der Waals surface area (Å²) < 4.78 is 0. The van der Waals surface area contributed by atoms with E-state index in [2.05, 4.69) is 19.2 Å². The predicted octanol–water partition coefficient (Wildman–Crippen LogP) is 2.56. The summed E-state index contributed by atoms with van der Waals surface area (Å²) in [7, 11) is 0. The molecule has 0 aromatic heterocycles. The van der Waals surface area contributed by atoms with Gasteiger partial charge in [0.25, 0.3) is 0 Å². The van der Waals surface area contributed by atoms with Gasteiger partial charge in [0.15, 0.2) is 0 Å². The molecule has 1 unspecified atom stereocenters. The molecule has 5 heteroatoms. The third kappa shape index (κ3) is 7.03. The Morgan fingerprint density at radius 3 is 1.95 bits per heavy atom. The Kier molecular flexibility index (Phi) is 7.49. The van der Waals surface area contributed by atoms with Crippen molar-refractivity contribution in [2.75, 3.05) is 6.54 Å². The summed E-state index contributed by atoms with van der Waals surface area (Å²) in [6.45, 7) is 12.5. The predicted molar refractivity (Wildman–Crippen MR) is 76.1 cm³/mol. The van der Waals surface area contributed by atoms with Crippen LogP contribution >= 0.6 is 0 Å². The van der Waals surface area contributed by atoms with Crippen molar-refractivity contribution in [2.45, 2.75) is 60.0 Å². The van der Waals surface area contributed by atoms with Crippen LogP contribution in [0.2, 0.25) is 0 Å². The van der Waals surface area contributed by atoms with Crippen molar-refractivity contribution in [3.05, 3.63) is 0 Å². The van der Waals surface area contributed by atoms with Gasteiger partial charge >= 0.3 is 12.0 Å². The molecule has 0 saturated carbocycles. The number of hydrogen-bond acceptors (Lipinski definition) is 2. The Morgan fingerprint density at radius 1 is 1.11 bits per heavy atom. The molecule has 0 spiro atoms. The van der Waals surface area contributed by atoms with E-state index in [1.807, 2.05) is 27.7 Å². The maximum Gasteiger partial charge on any atom is 0.317 e. The van der Waals surface area contributed by atoms with Gasteiger partial charge in [-0.05, 0) is 25.7 Å². The summed E-state index contributed by atoms with van der Waals surface area (Å²) in [5, 5.41) is 11.7.